The van der Waals surface area contributed by atoms with E-state index in [1.807, 2.05) is 19.1 Å². The molecule has 0 aliphatic carbocycles. The molecule has 0 spiro atoms. The third kappa shape index (κ3) is 2.63. The summed E-state index contributed by atoms with van der Waals surface area (Å²) >= 11 is 0. The zero-order chi connectivity index (χ0) is 12.4. The lowest BCUT2D eigenvalue weighted by atomic mass is 10.2. The minimum absolute atomic E-state index is 0.179. The zero-order valence-electron chi connectivity index (χ0n) is 9.74. The number of anilines is 3. The Labute approximate surface area is 98.7 Å². The third-order valence-corrected chi connectivity index (χ3v) is 2.38. The molecule has 17 heavy (non-hydrogen) atoms. The summed E-state index contributed by atoms with van der Waals surface area (Å²) < 4.78 is 0. The van der Waals surface area contributed by atoms with Crippen LogP contribution in [-0.4, -0.2) is 9.97 Å². The van der Waals surface area contributed by atoms with Gasteiger partial charge in [-0.25, -0.2) is 4.98 Å². The number of nitrogens with zero attached hydrogens (tertiary/aromatic N) is 1. The molecule has 0 aliphatic heterocycles. The average Bonchev–Trinajstić information content (AvgIpc) is 2.22. The standard InChI is InChI=1S/C12H14N4O/c1-7-3-4-9(13)6-10(7)15-12-14-8(2)5-11(17)16-12/h3-6H,13H2,1-2H3,(H2,14,15,16,17). The van der Waals surface area contributed by atoms with Gasteiger partial charge in [0.1, 0.15) is 0 Å². The Balaban J connectivity index is 2.37. The molecule has 1 heterocycles. The Kier molecular flexibility index (Phi) is 2.82. The Bertz CT molecular complexity index is 604. The molecular weight excluding hydrogens is 216 g/mol. The number of aromatic nitrogens is 2. The minimum Gasteiger partial charge on any atom is -0.399 e. The summed E-state index contributed by atoms with van der Waals surface area (Å²) in [5.74, 6) is 0.420. The quantitative estimate of drug-likeness (QED) is 0.686. The number of rotatable bonds is 2. The van der Waals surface area contributed by atoms with E-state index in [4.69, 9.17) is 5.73 Å². The first-order chi connectivity index (χ1) is 8.04. The van der Waals surface area contributed by atoms with E-state index in [1.165, 1.54) is 6.07 Å². The van der Waals surface area contributed by atoms with Crippen LogP contribution in [0.15, 0.2) is 29.1 Å². The van der Waals surface area contributed by atoms with E-state index >= 15 is 0 Å². The molecule has 0 saturated carbocycles. The largest absolute Gasteiger partial charge is 0.399 e. The van der Waals surface area contributed by atoms with Gasteiger partial charge in [-0.3, -0.25) is 9.78 Å². The lowest BCUT2D eigenvalue weighted by Crippen LogP contribution is -2.11. The predicted molar refractivity (Wildman–Crippen MR) is 68.5 cm³/mol. The summed E-state index contributed by atoms with van der Waals surface area (Å²) in [6.07, 6.45) is 0. The molecule has 2 aromatic rings. The van der Waals surface area contributed by atoms with Crippen LogP contribution >= 0.6 is 0 Å². The van der Waals surface area contributed by atoms with E-state index in [-0.39, 0.29) is 5.56 Å². The molecule has 2 rings (SSSR count). The molecule has 1 aromatic carbocycles. The van der Waals surface area contributed by atoms with Gasteiger partial charge in [0.25, 0.3) is 5.56 Å². The van der Waals surface area contributed by atoms with Crippen LogP contribution in [0.4, 0.5) is 17.3 Å². The summed E-state index contributed by atoms with van der Waals surface area (Å²) in [6.45, 7) is 3.72. The van der Waals surface area contributed by atoms with Crippen molar-refractivity contribution in [3.63, 3.8) is 0 Å². The van der Waals surface area contributed by atoms with Gasteiger partial charge in [0.2, 0.25) is 5.95 Å². The Hall–Kier alpha value is -2.30. The van der Waals surface area contributed by atoms with E-state index < -0.39 is 0 Å². The molecule has 0 amide bonds. The number of nitrogens with one attached hydrogen (secondary N) is 2. The predicted octanol–water partition coefficient (Wildman–Crippen LogP) is 1.71. The van der Waals surface area contributed by atoms with Crippen LogP contribution in [0.1, 0.15) is 11.3 Å². The maximum absolute atomic E-state index is 11.3. The van der Waals surface area contributed by atoms with E-state index in [1.54, 1.807) is 13.0 Å². The molecule has 88 valence electrons. The van der Waals surface area contributed by atoms with Crippen molar-refractivity contribution in [2.24, 2.45) is 0 Å². The second-order valence-corrected chi connectivity index (χ2v) is 3.93. The van der Waals surface area contributed by atoms with Crippen molar-refractivity contribution >= 4 is 17.3 Å². The molecule has 4 N–H and O–H groups in total. The molecule has 0 atom stereocenters. The van der Waals surface area contributed by atoms with Crippen LogP contribution < -0.4 is 16.6 Å². The van der Waals surface area contributed by atoms with E-state index in [9.17, 15) is 4.79 Å². The molecule has 0 aliphatic rings. The van der Waals surface area contributed by atoms with E-state index in [0.29, 0.717) is 17.3 Å². The lowest BCUT2D eigenvalue weighted by molar-refractivity contribution is 1.07. The number of H-pyrrole nitrogens is 1. The summed E-state index contributed by atoms with van der Waals surface area (Å²) in [6, 6.07) is 6.98. The summed E-state index contributed by atoms with van der Waals surface area (Å²) in [5.41, 5.74) is 8.72. The highest BCUT2D eigenvalue weighted by molar-refractivity contribution is 5.63. The van der Waals surface area contributed by atoms with Crippen molar-refractivity contribution in [1.29, 1.82) is 0 Å². The molecule has 0 fully saturated rings. The number of aryl methyl sites for hydroxylation is 2. The maximum Gasteiger partial charge on any atom is 0.252 e. The van der Waals surface area contributed by atoms with Gasteiger partial charge in [0.15, 0.2) is 0 Å². The first-order valence-corrected chi connectivity index (χ1v) is 5.26. The van der Waals surface area contributed by atoms with Gasteiger partial charge in [-0.05, 0) is 31.5 Å². The number of hydrogen-bond donors (Lipinski definition) is 3. The fourth-order valence-electron chi connectivity index (χ4n) is 1.54. The van der Waals surface area contributed by atoms with Gasteiger partial charge >= 0.3 is 0 Å². The zero-order valence-corrected chi connectivity index (χ0v) is 9.74. The van der Waals surface area contributed by atoms with Crippen LogP contribution in [0.2, 0.25) is 0 Å². The molecule has 1 aromatic heterocycles. The van der Waals surface area contributed by atoms with Crippen LogP contribution in [-0.2, 0) is 0 Å². The Morgan fingerprint density at radius 3 is 2.76 bits per heavy atom. The second kappa shape index (κ2) is 4.29. The van der Waals surface area contributed by atoms with Crippen LogP contribution in [0.25, 0.3) is 0 Å². The van der Waals surface area contributed by atoms with Crippen LogP contribution in [0.5, 0.6) is 0 Å². The van der Waals surface area contributed by atoms with Gasteiger partial charge in [-0.1, -0.05) is 6.07 Å². The van der Waals surface area contributed by atoms with Crippen molar-refractivity contribution < 1.29 is 0 Å². The first-order valence-electron chi connectivity index (χ1n) is 5.26. The SMILES string of the molecule is Cc1cc(=O)[nH]c(Nc2cc(N)ccc2C)n1. The van der Waals surface area contributed by atoms with Crippen molar-refractivity contribution in [2.45, 2.75) is 13.8 Å². The van der Waals surface area contributed by atoms with Crippen molar-refractivity contribution in [1.82, 2.24) is 9.97 Å². The minimum atomic E-state index is -0.179. The normalized spacial score (nSPS) is 10.2. The number of nitrogen functional groups attached to an aromatic ring is 1. The third-order valence-electron chi connectivity index (χ3n) is 2.38. The summed E-state index contributed by atoms with van der Waals surface area (Å²) in [7, 11) is 0. The second-order valence-electron chi connectivity index (χ2n) is 3.93. The first kappa shape index (κ1) is 11.2. The summed E-state index contributed by atoms with van der Waals surface area (Å²) in [4.78, 5) is 18.1. The highest BCUT2D eigenvalue weighted by Crippen LogP contribution is 2.20. The maximum atomic E-state index is 11.3. The van der Waals surface area contributed by atoms with E-state index in [0.717, 1.165) is 11.3 Å². The molecular formula is C12H14N4O. The molecule has 0 saturated heterocycles. The molecule has 0 bridgehead atoms. The number of benzene rings is 1. The smallest absolute Gasteiger partial charge is 0.252 e. The molecule has 0 unspecified atom stereocenters. The topological polar surface area (TPSA) is 83.8 Å². The van der Waals surface area contributed by atoms with E-state index in [2.05, 4.69) is 15.3 Å². The summed E-state index contributed by atoms with van der Waals surface area (Å²) in [5, 5.41) is 3.05. The van der Waals surface area contributed by atoms with Gasteiger partial charge < -0.3 is 11.1 Å². The number of hydrogen-bond acceptors (Lipinski definition) is 4. The lowest BCUT2D eigenvalue weighted by Gasteiger charge is -2.09. The van der Waals surface area contributed by atoms with Crippen molar-refractivity contribution in [2.75, 3.05) is 11.1 Å². The van der Waals surface area contributed by atoms with Gasteiger partial charge in [0.05, 0.1) is 0 Å². The molecule has 5 heteroatoms. The van der Waals surface area contributed by atoms with Crippen LogP contribution in [0, 0.1) is 13.8 Å². The highest BCUT2D eigenvalue weighted by atomic mass is 16.1. The van der Waals surface area contributed by atoms with Crippen LogP contribution in [0.3, 0.4) is 0 Å². The average molecular weight is 230 g/mol. The number of aromatic amines is 1. The van der Waals surface area contributed by atoms with Gasteiger partial charge in [-0.15, -0.1) is 0 Å². The van der Waals surface area contributed by atoms with Crippen molar-refractivity contribution in [3.05, 3.63) is 45.9 Å². The fraction of sp³-hybridized carbons (Fsp3) is 0.167. The fourth-order valence-corrected chi connectivity index (χ4v) is 1.54. The molecule has 0 radical (unpaired) electrons. The van der Waals surface area contributed by atoms with Gasteiger partial charge in [-0.2, -0.15) is 0 Å². The van der Waals surface area contributed by atoms with Crippen molar-refractivity contribution in [3.8, 4) is 0 Å². The number of nitrogens with two attached hydrogens (primary N) is 1. The monoisotopic (exact) mass is 230 g/mol. The van der Waals surface area contributed by atoms with Gasteiger partial charge in [0, 0.05) is 23.1 Å². The Morgan fingerprint density at radius 1 is 1.29 bits per heavy atom. The highest BCUT2D eigenvalue weighted by Gasteiger charge is 2.02. The Morgan fingerprint density at radius 2 is 2.06 bits per heavy atom. The molecule has 5 nitrogen and oxygen atoms in total.